The summed E-state index contributed by atoms with van der Waals surface area (Å²) in [6.45, 7) is 9.08. The molecular formula is C13H21N5. The van der Waals surface area contributed by atoms with Gasteiger partial charge in [-0.3, -0.25) is 9.36 Å². The van der Waals surface area contributed by atoms with Crippen LogP contribution in [0.2, 0.25) is 0 Å². The van der Waals surface area contributed by atoms with Crippen LogP contribution >= 0.6 is 0 Å². The van der Waals surface area contributed by atoms with Crippen LogP contribution in [0.1, 0.15) is 26.3 Å². The molecule has 5 nitrogen and oxygen atoms in total. The highest BCUT2D eigenvalue weighted by molar-refractivity contribution is 5.04. The molecule has 98 valence electrons. The molecular weight excluding hydrogens is 226 g/mol. The smallest absolute Gasteiger partial charge is 0.0543 e. The number of rotatable bonds is 5. The molecule has 0 amide bonds. The highest BCUT2D eigenvalue weighted by Crippen LogP contribution is 2.12. The molecule has 0 aliphatic rings. The molecule has 0 saturated carbocycles. The first-order valence-corrected chi connectivity index (χ1v) is 6.28. The molecule has 2 heterocycles. The van der Waals surface area contributed by atoms with Gasteiger partial charge in [0, 0.05) is 37.2 Å². The Balaban J connectivity index is 1.75. The highest BCUT2D eigenvalue weighted by atomic mass is 15.3. The van der Waals surface area contributed by atoms with Crippen LogP contribution < -0.4 is 5.32 Å². The normalized spacial score (nSPS) is 11.9. The fourth-order valence-electron chi connectivity index (χ4n) is 1.68. The molecule has 0 atom stereocenters. The summed E-state index contributed by atoms with van der Waals surface area (Å²) in [5, 5.41) is 11.9. The second-order valence-electron chi connectivity index (χ2n) is 5.41. The van der Waals surface area contributed by atoms with Crippen molar-refractivity contribution in [1.82, 2.24) is 24.9 Å². The van der Waals surface area contributed by atoms with Crippen LogP contribution in [0.25, 0.3) is 0 Å². The Morgan fingerprint density at radius 2 is 2.11 bits per heavy atom. The average molecular weight is 247 g/mol. The zero-order valence-electron chi connectivity index (χ0n) is 11.3. The summed E-state index contributed by atoms with van der Waals surface area (Å²) >= 11 is 0. The molecule has 0 spiro atoms. The number of hydrogen-bond acceptors (Lipinski definition) is 3. The Morgan fingerprint density at radius 1 is 1.28 bits per heavy atom. The summed E-state index contributed by atoms with van der Waals surface area (Å²) in [6.07, 6.45) is 7.79. The third-order valence-corrected chi connectivity index (χ3v) is 2.73. The Hall–Kier alpha value is -1.62. The van der Waals surface area contributed by atoms with Gasteiger partial charge < -0.3 is 5.32 Å². The van der Waals surface area contributed by atoms with Crippen LogP contribution in [-0.2, 0) is 18.6 Å². The van der Waals surface area contributed by atoms with Crippen molar-refractivity contribution in [1.29, 1.82) is 0 Å². The molecule has 1 N–H and O–H groups in total. The van der Waals surface area contributed by atoms with Crippen molar-refractivity contribution in [3.05, 3.63) is 36.4 Å². The lowest BCUT2D eigenvalue weighted by atomic mass is 10.1. The van der Waals surface area contributed by atoms with Crippen LogP contribution in [0.5, 0.6) is 0 Å². The lowest BCUT2D eigenvalue weighted by Crippen LogP contribution is -2.22. The second kappa shape index (κ2) is 5.35. The van der Waals surface area contributed by atoms with Gasteiger partial charge in [-0.2, -0.15) is 10.2 Å². The van der Waals surface area contributed by atoms with E-state index >= 15 is 0 Å². The zero-order valence-corrected chi connectivity index (χ0v) is 11.3. The minimum absolute atomic E-state index is 0.0489. The summed E-state index contributed by atoms with van der Waals surface area (Å²) < 4.78 is 3.92. The van der Waals surface area contributed by atoms with Gasteiger partial charge in [-0.05, 0) is 26.8 Å². The van der Waals surface area contributed by atoms with Crippen molar-refractivity contribution in [3.8, 4) is 0 Å². The Bertz CT molecular complexity index is 464. The van der Waals surface area contributed by atoms with Crippen molar-refractivity contribution in [2.45, 2.75) is 39.4 Å². The molecule has 2 rings (SSSR count). The molecule has 2 aromatic heterocycles. The lowest BCUT2D eigenvalue weighted by Gasteiger charge is -2.18. The van der Waals surface area contributed by atoms with E-state index in [1.54, 1.807) is 6.20 Å². The maximum absolute atomic E-state index is 4.38. The predicted molar refractivity (Wildman–Crippen MR) is 71.2 cm³/mol. The minimum Gasteiger partial charge on any atom is -0.311 e. The van der Waals surface area contributed by atoms with Gasteiger partial charge >= 0.3 is 0 Å². The summed E-state index contributed by atoms with van der Waals surface area (Å²) in [5.41, 5.74) is 1.26. The highest BCUT2D eigenvalue weighted by Gasteiger charge is 2.13. The molecule has 2 aromatic rings. The summed E-state index contributed by atoms with van der Waals surface area (Å²) in [5.74, 6) is 0. The van der Waals surface area contributed by atoms with Gasteiger partial charge in [-0.1, -0.05) is 0 Å². The average Bonchev–Trinajstić information content (AvgIpc) is 2.95. The fraction of sp³-hybridized carbons (Fsp3) is 0.538. The van der Waals surface area contributed by atoms with E-state index in [2.05, 4.69) is 42.5 Å². The van der Waals surface area contributed by atoms with E-state index in [9.17, 15) is 0 Å². The first-order valence-electron chi connectivity index (χ1n) is 6.28. The number of nitrogens with zero attached hydrogens (tertiary/aromatic N) is 4. The van der Waals surface area contributed by atoms with Gasteiger partial charge in [-0.25, -0.2) is 0 Å². The number of aromatic nitrogens is 4. The third kappa shape index (κ3) is 3.43. The van der Waals surface area contributed by atoms with Crippen molar-refractivity contribution in [2.75, 3.05) is 6.54 Å². The second-order valence-corrected chi connectivity index (χ2v) is 5.41. The molecule has 5 heteroatoms. The zero-order chi connectivity index (χ0) is 13.0. The van der Waals surface area contributed by atoms with E-state index in [-0.39, 0.29) is 5.54 Å². The molecule has 0 bridgehead atoms. The topological polar surface area (TPSA) is 47.7 Å². The summed E-state index contributed by atoms with van der Waals surface area (Å²) in [7, 11) is 0. The SMILES string of the molecule is CC(C)(C)n1cc(CNCCn2cccn2)cn1. The van der Waals surface area contributed by atoms with E-state index in [1.165, 1.54) is 5.56 Å². The lowest BCUT2D eigenvalue weighted by molar-refractivity contribution is 0.355. The van der Waals surface area contributed by atoms with Gasteiger partial charge in [0.1, 0.15) is 0 Å². The predicted octanol–water partition coefficient (Wildman–Crippen LogP) is 1.62. The largest absolute Gasteiger partial charge is 0.311 e. The van der Waals surface area contributed by atoms with Gasteiger partial charge in [0.05, 0.1) is 18.3 Å². The molecule has 0 saturated heterocycles. The maximum Gasteiger partial charge on any atom is 0.0543 e. The van der Waals surface area contributed by atoms with Gasteiger partial charge in [0.15, 0.2) is 0 Å². The van der Waals surface area contributed by atoms with Gasteiger partial charge in [0.25, 0.3) is 0 Å². The van der Waals surface area contributed by atoms with E-state index < -0.39 is 0 Å². The summed E-state index contributed by atoms with van der Waals surface area (Å²) in [6, 6.07) is 1.94. The first kappa shape index (κ1) is 12.8. The standard InChI is InChI=1S/C13H21N5/c1-13(2,3)18-11-12(10-16-18)9-14-6-8-17-7-4-5-15-17/h4-5,7,10-11,14H,6,8-9H2,1-3H3. The minimum atomic E-state index is 0.0489. The van der Waals surface area contributed by atoms with Gasteiger partial charge in [0.2, 0.25) is 0 Å². The van der Waals surface area contributed by atoms with Crippen LogP contribution in [-0.4, -0.2) is 26.1 Å². The third-order valence-electron chi connectivity index (χ3n) is 2.73. The molecule has 0 aliphatic carbocycles. The van der Waals surface area contributed by atoms with E-state index in [4.69, 9.17) is 0 Å². The molecule has 0 aliphatic heterocycles. The Morgan fingerprint density at radius 3 is 2.72 bits per heavy atom. The number of nitrogens with one attached hydrogen (secondary N) is 1. The Kier molecular flexibility index (Phi) is 3.81. The fourth-order valence-corrected chi connectivity index (χ4v) is 1.68. The van der Waals surface area contributed by atoms with Gasteiger partial charge in [-0.15, -0.1) is 0 Å². The van der Waals surface area contributed by atoms with E-state index in [0.29, 0.717) is 0 Å². The number of hydrogen-bond donors (Lipinski definition) is 1. The van der Waals surface area contributed by atoms with Crippen LogP contribution in [0, 0.1) is 0 Å². The van der Waals surface area contributed by atoms with Crippen LogP contribution in [0.3, 0.4) is 0 Å². The van der Waals surface area contributed by atoms with E-state index in [1.807, 2.05) is 27.8 Å². The molecule has 18 heavy (non-hydrogen) atoms. The van der Waals surface area contributed by atoms with Crippen molar-refractivity contribution < 1.29 is 0 Å². The summed E-state index contributed by atoms with van der Waals surface area (Å²) in [4.78, 5) is 0. The first-order chi connectivity index (χ1) is 8.55. The molecule has 0 unspecified atom stereocenters. The van der Waals surface area contributed by atoms with E-state index in [0.717, 1.165) is 19.6 Å². The Labute approximate surface area is 108 Å². The van der Waals surface area contributed by atoms with Crippen LogP contribution in [0.4, 0.5) is 0 Å². The van der Waals surface area contributed by atoms with Crippen molar-refractivity contribution >= 4 is 0 Å². The van der Waals surface area contributed by atoms with Crippen molar-refractivity contribution in [2.24, 2.45) is 0 Å². The van der Waals surface area contributed by atoms with Crippen LogP contribution in [0.15, 0.2) is 30.9 Å². The quantitative estimate of drug-likeness (QED) is 0.817. The molecule has 0 fully saturated rings. The molecule has 0 radical (unpaired) electrons. The maximum atomic E-state index is 4.38. The monoisotopic (exact) mass is 247 g/mol. The molecule has 0 aromatic carbocycles. The van der Waals surface area contributed by atoms with Crippen molar-refractivity contribution in [3.63, 3.8) is 0 Å².